The summed E-state index contributed by atoms with van der Waals surface area (Å²) in [6.45, 7) is 5.47. The summed E-state index contributed by atoms with van der Waals surface area (Å²) in [7, 11) is 0. The molecule has 0 aromatic heterocycles. The number of hydrogen-bond acceptors (Lipinski definition) is 1. The molecule has 2 unspecified atom stereocenters. The molecule has 4 heteroatoms. The Balaban J connectivity index is 4.47. The van der Waals surface area contributed by atoms with Gasteiger partial charge in [0.2, 0.25) is 0 Å². The van der Waals surface area contributed by atoms with Crippen LogP contribution >= 0.6 is 0 Å². The predicted octanol–water partition coefficient (Wildman–Crippen LogP) is 2.93. The fraction of sp³-hybridized carbons (Fsp3) is 1.00. The molecule has 0 saturated heterocycles. The molecule has 0 radical (unpaired) electrons. The van der Waals surface area contributed by atoms with Crippen molar-refractivity contribution in [2.24, 2.45) is 0 Å². The van der Waals surface area contributed by atoms with Crippen LogP contribution in [0.4, 0.5) is 8.78 Å². The molecule has 2 atom stereocenters. The molecule has 12 heavy (non-hydrogen) atoms. The van der Waals surface area contributed by atoms with Crippen molar-refractivity contribution >= 4 is 11.2 Å². The van der Waals surface area contributed by atoms with Crippen LogP contribution in [0.5, 0.6) is 0 Å². The maximum absolute atomic E-state index is 13.4. The highest BCUT2D eigenvalue weighted by Gasteiger charge is 2.48. The quantitative estimate of drug-likeness (QED) is 0.637. The molecule has 0 spiro atoms. The fourth-order valence-corrected chi connectivity index (χ4v) is 2.12. The molecule has 0 aliphatic carbocycles. The van der Waals surface area contributed by atoms with Crippen LogP contribution in [0, 0.1) is 0 Å². The van der Waals surface area contributed by atoms with E-state index in [0.29, 0.717) is 0 Å². The van der Waals surface area contributed by atoms with E-state index in [9.17, 15) is 13.3 Å². The molecule has 0 N–H and O–H groups in total. The molecule has 0 amide bonds. The number of halogens is 2. The molecule has 0 aromatic rings. The first-order valence-corrected chi connectivity index (χ1v) is 5.22. The molecular formula is C8H16F2OS. The van der Waals surface area contributed by atoms with Gasteiger partial charge in [-0.2, -0.15) is 8.78 Å². The highest BCUT2D eigenvalue weighted by atomic mass is 32.2. The zero-order valence-corrected chi connectivity index (χ0v) is 8.80. The molecule has 74 valence electrons. The first kappa shape index (κ1) is 12.2. The average molecular weight is 198 g/mol. The van der Waals surface area contributed by atoms with E-state index in [1.807, 2.05) is 0 Å². The zero-order chi connectivity index (χ0) is 9.99. The lowest BCUT2D eigenvalue weighted by Gasteiger charge is -2.31. The van der Waals surface area contributed by atoms with Crippen molar-refractivity contribution < 1.29 is 13.3 Å². The topological polar surface area (TPSA) is 23.1 Å². The minimum Gasteiger partial charge on any atom is -0.611 e. The van der Waals surface area contributed by atoms with Crippen molar-refractivity contribution in [2.45, 2.75) is 50.5 Å². The molecule has 0 rings (SSSR count). The van der Waals surface area contributed by atoms with Gasteiger partial charge in [0.1, 0.15) is 0 Å². The van der Waals surface area contributed by atoms with Gasteiger partial charge in [-0.1, -0.05) is 13.8 Å². The Kier molecular flexibility index (Phi) is 3.97. The van der Waals surface area contributed by atoms with Crippen molar-refractivity contribution in [1.29, 1.82) is 0 Å². The molecule has 0 saturated carbocycles. The largest absolute Gasteiger partial charge is 0.611 e. The summed E-state index contributed by atoms with van der Waals surface area (Å²) < 4.78 is 38.0. The highest BCUT2D eigenvalue weighted by molar-refractivity contribution is 7.93. The maximum Gasteiger partial charge on any atom is 0.262 e. The molecule has 0 fully saturated rings. The monoisotopic (exact) mass is 198 g/mol. The molecule has 0 aliphatic rings. The Morgan fingerprint density at radius 2 is 1.33 bits per heavy atom. The molecule has 0 aromatic carbocycles. The van der Waals surface area contributed by atoms with Gasteiger partial charge in [0, 0.05) is 37.9 Å². The maximum atomic E-state index is 13.4. The van der Waals surface area contributed by atoms with Crippen molar-refractivity contribution in [3.05, 3.63) is 0 Å². The fourth-order valence-electron chi connectivity index (χ4n) is 0.706. The normalized spacial score (nSPS) is 24.2. The molecule has 0 bridgehead atoms. The lowest BCUT2D eigenvalue weighted by molar-refractivity contribution is 0.231. The van der Waals surface area contributed by atoms with Crippen LogP contribution in [0.3, 0.4) is 0 Å². The van der Waals surface area contributed by atoms with Gasteiger partial charge in [0.25, 0.3) is 10.0 Å². The summed E-state index contributed by atoms with van der Waals surface area (Å²) in [4.78, 5) is 0. The molecular weight excluding hydrogens is 182 g/mol. The van der Waals surface area contributed by atoms with Gasteiger partial charge in [0.15, 0.2) is 0 Å². The summed E-state index contributed by atoms with van der Waals surface area (Å²) in [6, 6.07) is 0. The number of rotatable bonds is 4. The van der Waals surface area contributed by atoms with Crippen LogP contribution in [-0.2, 0) is 11.2 Å². The predicted molar refractivity (Wildman–Crippen MR) is 47.8 cm³/mol. The van der Waals surface area contributed by atoms with Gasteiger partial charge in [-0.3, -0.25) is 0 Å². The van der Waals surface area contributed by atoms with Crippen LogP contribution in [0.1, 0.15) is 40.5 Å². The minimum absolute atomic E-state index is 0.0686. The van der Waals surface area contributed by atoms with Gasteiger partial charge in [-0.15, -0.1) is 0 Å². The van der Waals surface area contributed by atoms with E-state index >= 15 is 0 Å². The van der Waals surface area contributed by atoms with Crippen LogP contribution in [0.2, 0.25) is 0 Å². The summed E-state index contributed by atoms with van der Waals surface area (Å²) in [6.07, 6.45) is 0.137. The van der Waals surface area contributed by atoms with Gasteiger partial charge < -0.3 is 4.55 Å². The molecule has 0 heterocycles. The van der Waals surface area contributed by atoms with Gasteiger partial charge in [-0.25, -0.2) is 0 Å². The Bertz CT molecular complexity index is 132. The van der Waals surface area contributed by atoms with Gasteiger partial charge in [-0.05, 0) is 0 Å². The third kappa shape index (κ3) is 2.59. The summed E-state index contributed by atoms with van der Waals surface area (Å²) in [5.74, 6) is 0. The first-order valence-electron chi connectivity index (χ1n) is 4.07. The first-order chi connectivity index (χ1) is 5.28. The van der Waals surface area contributed by atoms with Crippen molar-refractivity contribution in [2.75, 3.05) is 0 Å². The van der Waals surface area contributed by atoms with Crippen molar-refractivity contribution in [3.63, 3.8) is 0 Å². The van der Waals surface area contributed by atoms with E-state index in [2.05, 4.69) is 0 Å². The van der Waals surface area contributed by atoms with E-state index in [-0.39, 0.29) is 12.8 Å². The standard InChI is InChI=1S/C8H16F2OS/c1-5-7(3,9)12(11)8(4,10)6-2/h5-6H2,1-4H3. The summed E-state index contributed by atoms with van der Waals surface area (Å²) in [5.41, 5.74) is 0. The van der Waals surface area contributed by atoms with Gasteiger partial charge in [0.05, 0.1) is 0 Å². The summed E-state index contributed by atoms with van der Waals surface area (Å²) in [5, 5.41) is -3.83. The summed E-state index contributed by atoms with van der Waals surface area (Å²) >= 11 is -2.07. The highest BCUT2D eigenvalue weighted by Crippen LogP contribution is 2.36. The zero-order valence-electron chi connectivity index (χ0n) is 7.99. The van der Waals surface area contributed by atoms with Crippen LogP contribution in [0.25, 0.3) is 0 Å². The van der Waals surface area contributed by atoms with Crippen LogP contribution in [-0.4, -0.2) is 14.6 Å². The van der Waals surface area contributed by atoms with Crippen molar-refractivity contribution in [3.8, 4) is 0 Å². The average Bonchev–Trinajstić information content (AvgIpc) is 2.03. The van der Waals surface area contributed by atoms with Crippen LogP contribution in [0.15, 0.2) is 0 Å². The second kappa shape index (κ2) is 3.92. The second-order valence-electron chi connectivity index (χ2n) is 3.18. The third-order valence-corrected chi connectivity index (χ3v) is 4.16. The second-order valence-corrected chi connectivity index (χ2v) is 5.42. The van der Waals surface area contributed by atoms with E-state index < -0.39 is 21.2 Å². The van der Waals surface area contributed by atoms with Gasteiger partial charge >= 0.3 is 0 Å². The van der Waals surface area contributed by atoms with E-state index in [1.165, 1.54) is 13.8 Å². The Morgan fingerprint density at radius 3 is 1.50 bits per heavy atom. The third-order valence-electron chi connectivity index (χ3n) is 2.04. The number of alkyl halides is 2. The lowest BCUT2D eigenvalue weighted by atomic mass is 10.3. The van der Waals surface area contributed by atoms with E-state index in [4.69, 9.17) is 0 Å². The smallest absolute Gasteiger partial charge is 0.262 e. The Morgan fingerprint density at radius 1 is 1.08 bits per heavy atom. The number of hydrogen-bond donors (Lipinski definition) is 0. The van der Waals surface area contributed by atoms with E-state index in [0.717, 1.165) is 0 Å². The Labute approximate surface area is 75.7 Å². The molecule has 0 aliphatic heterocycles. The lowest BCUT2D eigenvalue weighted by Crippen LogP contribution is -2.43. The van der Waals surface area contributed by atoms with E-state index in [1.54, 1.807) is 13.8 Å². The van der Waals surface area contributed by atoms with Crippen LogP contribution < -0.4 is 0 Å². The van der Waals surface area contributed by atoms with Crippen molar-refractivity contribution in [1.82, 2.24) is 0 Å². The molecule has 1 nitrogen and oxygen atoms in total. The SMILES string of the molecule is CCC(C)(F)[S+]([O-])C(C)(F)CC. The minimum atomic E-state index is -2.07. The Hall–Kier alpha value is 0.170.